The molecule has 1 saturated carbocycles. The van der Waals surface area contributed by atoms with Gasteiger partial charge in [0.2, 0.25) is 0 Å². The molecule has 1 aromatic heterocycles. The van der Waals surface area contributed by atoms with Gasteiger partial charge in [-0.2, -0.15) is 0 Å². The largest absolute Gasteiger partial charge is 0.363 e. The van der Waals surface area contributed by atoms with E-state index in [0.29, 0.717) is 42.2 Å². The van der Waals surface area contributed by atoms with Crippen molar-refractivity contribution in [3.63, 3.8) is 0 Å². The first kappa shape index (κ1) is 25.0. The van der Waals surface area contributed by atoms with E-state index in [2.05, 4.69) is 15.3 Å². The molecule has 0 radical (unpaired) electrons. The lowest BCUT2D eigenvalue weighted by molar-refractivity contribution is 0.0801. The van der Waals surface area contributed by atoms with Gasteiger partial charge in [-0.05, 0) is 49.7 Å². The summed E-state index contributed by atoms with van der Waals surface area (Å²) in [6, 6.07) is 3.19. The Hall–Kier alpha value is -2.69. The zero-order chi connectivity index (χ0) is 25.9. The Bertz CT molecular complexity index is 1310. The molecule has 2 aliphatic heterocycles. The Balaban J connectivity index is 1.42. The first-order valence-electron chi connectivity index (χ1n) is 11.9. The Morgan fingerprint density at radius 3 is 2.39 bits per heavy atom. The van der Waals surface area contributed by atoms with E-state index in [1.54, 1.807) is 20.0 Å². The number of benzene rings is 1. The minimum absolute atomic E-state index is 0.0727. The van der Waals surface area contributed by atoms with E-state index in [1.807, 2.05) is 4.90 Å². The number of nitrogens with zero attached hydrogens (tertiary/aromatic N) is 3. The van der Waals surface area contributed by atoms with Crippen molar-refractivity contribution in [2.45, 2.75) is 50.7 Å². The van der Waals surface area contributed by atoms with Crippen molar-refractivity contribution >= 4 is 27.5 Å². The second-order valence-corrected chi connectivity index (χ2v) is 12.5. The van der Waals surface area contributed by atoms with Crippen LogP contribution in [-0.2, 0) is 9.84 Å². The van der Waals surface area contributed by atoms with Gasteiger partial charge in [-0.25, -0.2) is 35.9 Å². The normalized spacial score (nSPS) is 22.5. The molecule has 11 heteroatoms. The average Bonchev–Trinajstić information content (AvgIpc) is 2.80. The van der Waals surface area contributed by atoms with Gasteiger partial charge in [0.15, 0.2) is 9.84 Å². The molecule has 0 bridgehead atoms. The molecule has 1 spiro atoms. The molecule has 3 aliphatic rings. The van der Waals surface area contributed by atoms with Gasteiger partial charge in [-0.15, -0.1) is 0 Å². The molecule has 6 nitrogen and oxygen atoms in total. The van der Waals surface area contributed by atoms with Crippen molar-refractivity contribution in [1.29, 1.82) is 0 Å². The number of aromatic nitrogens is 2. The summed E-state index contributed by atoms with van der Waals surface area (Å²) in [4.78, 5) is 10.4. The number of likely N-dealkylation sites (N-methyl/N-ethyl adjacent to an activating group) is 1. The number of hydrogen-bond acceptors (Lipinski definition) is 6. The Kier molecular flexibility index (Phi) is 6.04. The lowest BCUT2D eigenvalue weighted by Crippen LogP contribution is -2.53. The van der Waals surface area contributed by atoms with Gasteiger partial charge < -0.3 is 10.2 Å². The van der Waals surface area contributed by atoms with Crippen LogP contribution in [0.4, 0.5) is 29.2 Å². The highest BCUT2D eigenvalue weighted by Gasteiger charge is 2.54. The molecule has 0 amide bonds. The summed E-state index contributed by atoms with van der Waals surface area (Å²) in [6.45, 7) is 1.97. The van der Waals surface area contributed by atoms with Crippen molar-refractivity contribution in [2.24, 2.45) is 5.41 Å². The summed E-state index contributed by atoms with van der Waals surface area (Å²) >= 11 is 0. The smallest absolute Gasteiger partial charge is 0.266 e. The Morgan fingerprint density at radius 2 is 1.75 bits per heavy atom. The molecule has 1 atom stereocenters. The summed E-state index contributed by atoms with van der Waals surface area (Å²) in [6.07, 6.45) is 1.67. The lowest BCUT2D eigenvalue weighted by Gasteiger charge is -2.49. The first-order valence-corrected chi connectivity index (χ1v) is 13.7. The van der Waals surface area contributed by atoms with Crippen LogP contribution in [0.25, 0.3) is 6.08 Å². The maximum Gasteiger partial charge on any atom is 0.266 e. The number of halogens is 4. The number of hydrogen-bond donors (Lipinski definition) is 1. The molecule has 2 fully saturated rings. The highest BCUT2D eigenvalue weighted by atomic mass is 32.2. The van der Waals surface area contributed by atoms with Crippen LogP contribution >= 0.6 is 0 Å². The topological polar surface area (TPSA) is 75.2 Å². The van der Waals surface area contributed by atoms with Crippen molar-refractivity contribution in [3.8, 4) is 0 Å². The fraction of sp³-hybridized carbons (Fsp3) is 0.520. The summed E-state index contributed by atoms with van der Waals surface area (Å²) in [7, 11) is -1.19. The van der Waals surface area contributed by atoms with Gasteiger partial charge in [0.05, 0.1) is 28.7 Å². The van der Waals surface area contributed by atoms with Crippen LogP contribution in [-0.4, -0.2) is 49.2 Å². The van der Waals surface area contributed by atoms with Crippen LogP contribution in [0.15, 0.2) is 30.1 Å². The highest BCUT2D eigenvalue weighted by molar-refractivity contribution is 7.92. The molecule has 1 aliphatic carbocycles. The van der Waals surface area contributed by atoms with E-state index in [1.165, 1.54) is 18.5 Å². The number of sulfone groups is 1. The quantitative estimate of drug-likeness (QED) is 0.538. The predicted molar refractivity (Wildman–Crippen MR) is 130 cm³/mol. The summed E-state index contributed by atoms with van der Waals surface area (Å²) < 4.78 is 80.7. The molecular weight excluding hydrogens is 496 g/mol. The van der Waals surface area contributed by atoms with Crippen molar-refractivity contribution < 1.29 is 26.0 Å². The van der Waals surface area contributed by atoms with Gasteiger partial charge in [0.25, 0.3) is 6.43 Å². The maximum absolute atomic E-state index is 16.2. The summed E-state index contributed by atoms with van der Waals surface area (Å²) in [5.74, 6) is 0.230. The van der Waals surface area contributed by atoms with Gasteiger partial charge in [0, 0.05) is 19.2 Å². The van der Waals surface area contributed by atoms with E-state index in [-0.39, 0.29) is 35.3 Å². The molecular formula is C25H28F4N4O2S. The number of fused-ring (bicyclic) bond motifs is 1. The van der Waals surface area contributed by atoms with Crippen molar-refractivity contribution in [3.05, 3.63) is 52.6 Å². The molecule has 2 aromatic rings. The SMILES string of the molecule is C[C@@H](Nc1ncnc2c1C=C(C1(F)CCC3(CC1)CS(=O)(=O)C3)CN2C)c1cccc(C(F)F)c1F. The third-order valence-corrected chi connectivity index (χ3v) is 9.90. The number of alkyl halides is 3. The molecule has 1 aromatic carbocycles. The highest BCUT2D eigenvalue weighted by Crippen LogP contribution is 2.52. The fourth-order valence-electron chi connectivity index (χ4n) is 5.79. The van der Waals surface area contributed by atoms with E-state index in [0.717, 1.165) is 6.07 Å². The Labute approximate surface area is 207 Å². The Morgan fingerprint density at radius 1 is 1.08 bits per heavy atom. The minimum atomic E-state index is -2.99. The van der Waals surface area contributed by atoms with Crippen LogP contribution in [0.2, 0.25) is 0 Å². The molecule has 3 heterocycles. The molecule has 1 N–H and O–H groups in total. The fourth-order valence-corrected chi connectivity index (χ4v) is 8.15. The zero-order valence-electron chi connectivity index (χ0n) is 20.1. The van der Waals surface area contributed by atoms with Crippen molar-refractivity contribution in [2.75, 3.05) is 35.3 Å². The number of nitrogens with one attached hydrogen (secondary N) is 1. The van der Waals surface area contributed by atoms with E-state index in [4.69, 9.17) is 0 Å². The molecule has 5 rings (SSSR count). The van der Waals surface area contributed by atoms with E-state index < -0.39 is 39.4 Å². The summed E-state index contributed by atoms with van der Waals surface area (Å²) in [5.41, 5.74) is -1.36. The van der Waals surface area contributed by atoms with Crippen LogP contribution in [0.3, 0.4) is 0 Å². The third kappa shape index (κ3) is 4.35. The van der Waals surface area contributed by atoms with Crippen molar-refractivity contribution in [1.82, 2.24) is 9.97 Å². The van der Waals surface area contributed by atoms with Crippen LogP contribution < -0.4 is 10.2 Å². The monoisotopic (exact) mass is 524 g/mol. The summed E-state index contributed by atoms with van der Waals surface area (Å²) in [5, 5.41) is 3.09. The minimum Gasteiger partial charge on any atom is -0.363 e. The second kappa shape index (κ2) is 8.71. The van der Waals surface area contributed by atoms with Crippen LogP contribution in [0, 0.1) is 11.2 Å². The first-order chi connectivity index (χ1) is 16.9. The average molecular weight is 525 g/mol. The number of rotatable bonds is 5. The van der Waals surface area contributed by atoms with E-state index in [9.17, 15) is 21.6 Å². The molecule has 1 saturated heterocycles. The van der Waals surface area contributed by atoms with Crippen LogP contribution in [0.1, 0.15) is 61.8 Å². The molecule has 0 unspecified atom stereocenters. The number of anilines is 2. The zero-order valence-corrected chi connectivity index (χ0v) is 20.9. The molecule has 194 valence electrons. The van der Waals surface area contributed by atoms with Gasteiger partial charge in [0.1, 0.15) is 29.4 Å². The second-order valence-electron chi connectivity index (χ2n) is 10.4. The molecule has 36 heavy (non-hydrogen) atoms. The van der Waals surface area contributed by atoms with Gasteiger partial charge >= 0.3 is 0 Å². The standard InChI is InChI=1S/C25H28F4N4O2S/c1-15(17-4-3-5-18(20(17)26)21(27)28)32-22-19-10-16(11-33(2)23(19)31-14-30-22)25(29)8-6-24(7-9-25)12-36(34,35)13-24/h3-5,10,14-15,21H,6-9,11-13H2,1-2H3,(H,30,31,32)/t15-/m1/s1. The van der Waals surface area contributed by atoms with E-state index >= 15 is 4.39 Å². The van der Waals surface area contributed by atoms with Gasteiger partial charge in [-0.3, -0.25) is 0 Å². The third-order valence-electron chi connectivity index (χ3n) is 7.79. The van der Waals surface area contributed by atoms with Gasteiger partial charge in [-0.1, -0.05) is 18.2 Å². The maximum atomic E-state index is 16.2. The predicted octanol–water partition coefficient (Wildman–Crippen LogP) is 5.26. The lowest BCUT2D eigenvalue weighted by atomic mass is 9.68. The van der Waals surface area contributed by atoms with Crippen LogP contribution in [0.5, 0.6) is 0 Å².